The van der Waals surface area contributed by atoms with Gasteiger partial charge in [0.15, 0.2) is 5.96 Å². The van der Waals surface area contributed by atoms with Crippen LogP contribution in [-0.2, 0) is 18.6 Å². The van der Waals surface area contributed by atoms with Gasteiger partial charge in [0.1, 0.15) is 23.0 Å². The molecule has 0 aliphatic carbocycles. The number of aryl methyl sites for hydroxylation is 2. The number of halogens is 1. The van der Waals surface area contributed by atoms with E-state index < -0.39 is 5.60 Å². The van der Waals surface area contributed by atoms with Gasteiger partial charge in [-0.05, 0) is 39.3 Å². The summed E-state index contributed by atoms with van der Waals surface area (Å²) in [5.74, 6) is 3.04. The topological polar surface area (TPSA) is 100 Å². The van der Waals surface area contributed by atoms with E-state index in [1.165, 1.54) is 0 Å². The van der Waals surface area contributed by atoms with Gasteiger partial charge in [-0.3, -0.25) is 0 Å². The molecule has 0 fully saturated rings. The first-order chi connectivity index (χ1) is 12.0. The number of nitrogens with zero attached hydrogens (tertiary/aromatic N) is 4. The van der Waals surface area contributed by atoms with Crippen LogP contribution in [0.2, 0.25) is 0 Å². The van der Waals surface area contributed by atoms with Crippen molar-refractivity contribution in [2.75, 3.05) is 13.1 Å². The summed E-state index contributed by atoms with van der Waals surface area (Å²) in [7, 11) is 0. The van der Waals surface area contributed by atoms with E-state index in [4.69, 9.17) is 4.42 Å². The Morgan fingerprint density at radius 3 is 3.04 bits per heavy atom. The fourth-order valence-electron chi connectivity index (χ4n) is 2.96. The summed E-state index contributed by atoms with van der Waals surface area (Å²) in [6, 6.07) is 3.74. The molecule has 9 heteroatoms. The number of aliphatic imine (C=N–C) groups is 1. The third kappa shape index (κ3) is 4.97. The van der Waals surface area contributed by atoms with Crippen molar-refractivity contribution in [3.63, 3.8) is 0 Å². The lowest BCUT2D eigenvalue weighted by Crippen LogP contribution is -2.47. The van der Waals surface area contributed by atoms with Crippen LogP contribution >= 0.6 is 24.0 Å². The molecule has 144 valence electrons. The van der Waals surface area contributed by atoms with Crippen molar-refractivity contribution in [3.05, 3.63) is 35.8 Å². The summed E-state index contributed by atoms with van der Waals surface area (Å²) in [4.78, 5) is 8.97. The highest BCUT2D eigenvalue weighted by molar-refractivity contribution is 14.0. The van der Waals surface area contributed by atoms with Crippen molar-refractivity contribution in [2.24, 2.45) is 4.99 Å². The Hall–Kier alpha value is -1.62. The summed E-state index contributed by atoms with van der Waals surface area (Å²) in [6.45, 7) is 7.34. The molecule has 3 rings (SSSR count). The average molecular weight is 474 g/mol. The molecule has 1 aliphatic heterocycles. The fraction of sp³-hybridized carbons (Fsp3) is 0.588. The van der Waals surface area contributed by atoms with Crippen LogP contribution in [0.25, 0.3) is 0 Å². The van der Waals surface area contributed by atoms with Crippen molar-refractivity contribution in [3.8, 4) is 0 Å². The highest BCUT2D eigenvalue weighted by Gasteiger charge is 2.27. The maximum Gasteiger partial charge on any atom is 0.191 e. The molecule has 2 atom stereocenters. The van der Waals surface area contributed by atoms with Crippen LogP contribution in [0.15, 0.2) is 27.8 Å². The second kappa shape index (κ2) is 8.85. The van der Waals surface area contributed by atoms with Crippen LogP contribution in [0.1, 0.15) is 37.7 Å². The maximum absolute atomic E-state index is 10.6. The highest BCUT2D eigenvalue weighted by atomic mass is 127. The Morgan fingerprint density at radius 2 is 2.35 bits per heavy atom. The highest BCUT2D eigenvalue weighted by Crippen LogP contribution is 2.21. The number of hydrogen-bond acceptors (Lipinski definition) is 5. The molecule has 2 aromatic rings. The van der Waals surface area contributed by atoms with Gasteiger partial charge in [0.05, 0.1) is 19.4 Å². The lowest BCUT2D eigenvalue weighted by Gasteiger charge is -2.26. The number of rotatable bonds is 5. The van der Waals surface area contributed by atoms with Crippen LogP contribution < -0.4 is 10.6 Å². The van der Waals surface area contributed by atoms with Gasteiger partial charge in [0.25, 0.3) is 0 Å². The summed E-state index contributed by atoms with van der Waals surface area (Å²) in [6.07, 6.45) is 3.41. The summed E-state index contributed by atoms with van der Waals surface area (Å²) in [5.41, 5.74) is -1.14. The lowest BCUT2D eigenvalue weighted by atomic mass is 10.0. The molecule has 0 saturated carbocycles. The predicted molar refractivity (Wildman–Crippen MR) is 110 cm³/mol. The zero-order chi connectivity index (χ0) is 17.9. The molecule has 0 amide bonds. The van der Waals surface area contributed by atoms with E-state index in [1.54, 1.807) is 25.3 Å². The first-order valence-corrected chi connectivity index (χ1v) is 8.69. The normalized spacial score (nSPS) is 19.2. The van der Waals surface area contributed by atoms with Gasteiger partial charge in [-0.15, -0.1) is 24.0 Å². The summed E-state index contributed by atoms with van der Waals surface area (Å²) >= 11 is 0. The zero-order valence-corrected chi connectivity index (χ0v) is 17.7. The number of guanidine groups is 1. The number of hydrogen-bond donors (Lipinski definition) is 3. The number of fused-ring (bicyclic) bond motifs is 1. The summed E-state index contributed by atoms with van der Waals surface area (Å²) < 4.78 is 7.26. The van der Waals surface area contributed by atoms with Crippen molar-refractivity contribution >= 4 is 29.9 Å². The van der Waals surface area contributed by atoms with Gasteiger partial charge < -0.3 is 20.2 Å². The first kappa shape index (κ1) is 20.7. The van der Waals surface area contributed by atoms with E-state index in [1.807, 2.05) is 18.5 Å². The Labute approximate surface area is 170 Å². The molecule has 0 aromatic carbocycles. The molecule has 3 N–H and O–H groups in total. The molecule has 0 bridgehead atoms. The van der Waals surface area contributed by atoms with Gasteiger partial charge in [-0.1, -0.05) is 0 Å². The van der Waals surface area contributed by atoms with E-state index in [0.29, 0.717) is 11.7 Å². The van der Waals surface area contributed by atoms with Crippen LogP contribution in [-0.4, -0.2) is 45.0 Å². The van der Waals surface area contributed by atoms with E-state index >= 15 is 0 Å². The van der Waals surface area contributed by atoms with Crippen LogP contribution in [0.5, 0.6) is 0 Å². The third-order valence-corrected chi connectivity index (χ3v) is 4.25. The molecule has 0 radical (unpaired) electrons. The second-order valence-corrected chi connectivity index (χ2v) is 6.58. The summed E-state index contributed by atoms with van der Waals surface area (Å²) in [5, 5.41) is 21.6. The Balaban J connectivity index is 0.00000243. The zero-order valence-electron chi connectivity index (χ0n) is 15.4. The number of aromatic nitrogens is 3. The van der Waals surface area contributed by atoms with E-state index in [9.17, 15) is 5.11 Å². The van der Waals surface area contributed by atoms with Crippen molar-refractivity contribution in [2.45, 2.75) is 51.8 Å². The minimum Gasteiger partial charge on any atom is -0.466 e. The van der Waals surface area contributed by atoms with E-state index in [0.717, 1.165) is 37.6 Å². The number of aliphatic hydroxyl groups is 1. The van der Waals surface area contributed by atoms with Gasteiger partial charge in [0, 0.05) is 19.0 Å². The van der Waals surface area contributed by atoms with Crippen molar-refractivity contribution in [1.29, 1.82) is 0 Å². The van der Waals surface area contributed by atoms with E-state index in [2.05, 4.69) is 25.7 Å². The molecular formula is C17H27IN6O2. The van der Waals surface area contributed by atoms with Gasteiger partial charge in [0.2, 0.25) is 0 Å². The van der Waals surface area contributed by atoms with Crippen molar-refractivity contribution < 1.29 is 9.52 Å². The van der Waals surface area contributed by atoms with Gasteiger partial charge in [-0.25, -0.2) is 14.7 Å². The van der Waals surface area contributed by atoms with Crippen LogP contribution in [0, 0.1) is 6.92 Å². The van der Waals surface area contributed by atoms with Crippen LogP contribution in [0.3, 0.4) is 0 Å². The van der Waals surface area contributed by atoms with Gasteiger partial charge in [-0.2, -0.15) is 5.10 Å². The molecule has 0 saturated heterocycles. The lowest BCUT2D eigenvalue weighted by molar-refractivity contribution is 0.0436. The fourth-order valence-corrected chi connectivity index (χ4v) is 2.96. The third-order valence-electron chi connectivity index (χ3n) is 4.25. The smallest absolute Gasteiger partial charge is 0.191 e. The molecule has 2 aromatic heterocycles. The molecule has 1 aliphatic rings. The largest absolute Gasteiger partial charge is 0.466 e. The first-order valence-electron chi connectivity index (χ1n) is 8.69. The number of furan rings is 1. The predicted octanol–water partition coefficient (Wildman–Crippen LogP) is 1.58. The van der Waals surface area contributed by atoms with Gasteiger partial charge >= 0.3 is 0 Å². The standard InChI is InChI=1S/C17H26N6O2.HI/c1-4-18-16(19-11-17(3,24)14-6-5-9-25-14)21-13-7-8-15-20-12(2)22-23(15)10-13;/h5-6,9,13,24H,4,7-8,10-11H2,1-3H3,(H2,18,19,21);1H. The molecule has 3 heterocycles. The molecule has 0 spiro atoms. The van der Waals surface area contributed by atoms with E-state index in [-0.39, 0.29) is 36.6 Å². The Morgan fingerprint density at radius 1 is 1.54 bits per heavy atom. The minimum absolute atomic E-state index is 0. The minimum atomic E-state index is -1.14. The molecule has 26 heavy (non-hydrogen) atoms. The Kier molecular flexibility index (Phi) is 7.04. The van der Waals surface area contributed by atoms with Crippen LogP contribution in [0.4, 0.5) is 0 Å². The molecule has 2 unspecified atom stereocenters. The average Bonchev–Trinajstić information content (AvgIpc) is 3.21. The quantitative estimate of drug-likeness (QED) is 0.346. The number of nitrogens with one attached hydrogen (secondary N) is 2. The Bertz CT molecular complexity index is 726. The second-order valence-electron chi connectivity index (χ2n) is 6.58. The SMILES string of the molecule is CCNC(=NCC(C)(O)c1ccco1)NC1CCc2nc(C)nn2C1.I. The van der Waals surface area contributed by atoms with Crippen molar-refractivity contribution in [1.82, 2.24) is 25.4 Å². The molecular weight excluding hydrogens is 447 g/mol. The monoisotopic (exact) mass is 474 g/mol. The molecule has 8 nitrogen and oxygen atoms in total. The maximum atomic E-state index is 10.6.